The molecule has 4 bridgehead atoms. The van der Waals surface area contributed by atoms with Gasteiger partial charge in [-0.3, -0.25) is 9.59 Å². The van der Waals surface area contributed by atoms with Gasteiger partial charge in [-0.1, -0.05) is 18.2 Å². The number of sulfonamides is 1. The van der Waals surface area contributed by atoms with Crippen molar-refractivity contribution < 1.29 is 27.5 Å². The third-order valence-electron chi connectivity index (χ3n) is 7.29. The van der Waals surface area contributed by atoms with E-state index in [0.29, 0.717) is 16.4 Å². The van der Waals surface area contributed by atoms with E-state index < -0.39 is 22.2 Å². The molecule has 2 fully saturated rings. The van der Waals surface area contributed by atoms with Crippen molar-refractivity contribution in [3.05, 3.63) is 70.4 Å². The second kappa shape index (κ2) is 10.8. The third kappa shape index (κ3) is 5.57. The van der Waals surface area contributed by atoms with Crippen molar-refractivity contribution in [3.8, 4) is 11.5 Å². The Balaban J connectivity index is 1.29. The summed E-state index contributed by atoms with van der Waals surface area (Å²) in [7, 11) is -2.41. The van der Waals surface area contributed by atoms with Crippen LogP contribution in [0.2, 0.25) is 0 Å². The number of fused-ring (bicyclic) bond motifs is 5. The molecule has 12 heteroatoms. The summed E-state index contributed by atoms with van der Waals surface area (Å²) in [5.74, 6) is 0.798. The van der Waals surface area contributed by atoms with Crippen molar-refractivity contribution in [2.45, 2.75) is 42.5 Å². The van der Waals surface area contributed by atoms with E-state index in [1.807, 2.05) is 48.5 Å². The molecule has 2 aliphatic heterocycles. The standard InChI is InChI=1S/C28H30N4O6S2/c1-29-28(34)26-12-23(17-39-26)40(35,36)31-13-24-25(14-31)37-16-18-4-2-6-21(10-18)38-22-7-3-5-20(11-22)32(19-8-9-19)15-27(33)30-24/h2-7,10-12,17,19,24-25H,8-9,13-16H2,1H3,(H,29,34)(H,30,33)/t24-,25-/m0/s1. The maximum absolute atomic E-state index is 13.5. The molecule has 10 nitrogen and oxygen atoms in total. The minimum Gasteiger partial charge on any atom is -0.457 e. The van der Waals surface area contributed by atoms with Crippen molar-refractivity contribution in [1.29, 1.82) is 0 Å². The molecule has 0 unspecified atom stereocenters. The van der Waals surface area contributed by atoms with Crippen molar-refractivity contribution >= 4 is 38.9 Å². The first-order chi connectivity index (χ1) is 19.3. The molecule has 1 saturated heterocycles. The van der Waals surface area contributed by atoms with Crippen LogP contribution in [-0.4, -0.2) is 69.4 Å². The highest BCUT2D eigenvalue weighted by Gasteiger charge is 2.42. The Morgan fingerprint density at radius 1 is 1.07 bits per heavy atom. The first-order valence-corrected chi connectivity index (χ1v) is 15.5. The quantitative estimate of drug-likeness (QED) is 0.486. The average molecular weight is 583 g/mol. The van der Waals surface area contributed by atoms with Crippen LogP contribution < -0.4 is 20.3 Å². The van der Waals surface area contributed by atoms with Crippen LogP contribution in [0.3, 0.4) is 0 Å². The molecule has 0 radical (unpaired) electrons. The fourth-order valence-electron chi connectivity index (χ4n) is 5.08. The number of rotatable bonds is 4. The zero-order valence-corrected chi connectivity index (χ0v) is 23.5. The number of amides is 2. The van der Waals surface area contributed by atoms with E-state index in [-0.39, 0.29) is 49.0 Å². The number of nitrogens with zero attached hydrogens (tertiary/aromatic N) is 2. The molecule has 3 aromatic rings. The minimum absolute atomic E-state index is 0.0496. The topological polar surface area (TPSA) is 117 Å². The Morgan fingerprint density at radius 3 is 2.62 bits per heavy atom. The highest BCUT2D eigenvalue weighted by molar-refractivity contribution is 7.89. The predicted molar refractivity (Wildman–Crippen MR) is 150 cm³/mol. The number of hydrogen-bond donors (Lipinski definition) is 2. The predicted octanol–water partition coefficient (Wildman–Crippen LogP) is 2.96. The fraction of sp³-hybridized carbons (Fsp3) is 0.357. The number of anilines is 1. The van der Waals surface area contributed by atoms with E-state index in [9.17, 15) is 18.0 Å². The molecular formula is C28H30N4O6S2. The van der Waals surface area contributed by atoms with E-state index >= 15 is 0 Å². The van der Waals surface area contributed by atoms with E-state index in [2.05, 4.69) is 15.5 Å². The van der Waals surface area contributed by atoms with E-state index in [4.69, 9.17) is 9.47 Å². The lowest BCUT2D eigenvalue weighted by molar-refractivity contribution is -0.121. The molecular weight excluding hydrogens is 552 g/mol. The number of benzene rings is 2. The highest BCUT2D eigenvalue weighted by Crippen LogP contribution is 2.35. The van der Waals surface area contributed by atoms with Crippen LogP contribution in [0.15, 0.2) is 64.9 Å². The zero-order valence-electron chi connectivity index (χ0n) is 21.9. The molecule has 2 N–H and O–H groups in total. The van der Waals surface area contributed by atoms with Crippen LogP contribution in [0.4, 0.5) is 5.69 Å². The van der Waals surface area contributed by atoms with Crippen LogP contribution in [-0.2, 0) is 26.2 Å². The van der Waals surface area contributed by atoms with Gasteiger partial charge in [-0.05, 0) is 48.7 Å². The molecule has 1 aromatic heterocycles. The Bertz CT molecular complexity index is 1540. The highest BCUT2D eigenvalue weighted by atomic mass is 32.2. The molecule has 40 heavy (non-hydrogen) atoms. The van der Waals surface area contributed by atoms with Crippen LogP contribution in [0.25, 0.3) is 0 Å². The molecule has 2 atom stereocenters. The summed E-state index contributed by atoms with van der Waals surface area (Å²) in [6, 6.07) is 16.4. The zero-order chi connectivity index (χ0) is 27.9. The van der Waals surface area contributed by atoms with E-state index in [0.717, 1.165) is 35.4 Å². The van der Waals surface area contributed by atoms with Gasteiger partial charge in [0.15, 0.2) is 0 Å². The first-order valence-electron chi connectivity index (χ1n) is 13.2. The summed E-state index contributed by atoms with van der Waals surface area (Å²) < 4.78 is 40.8. The lowest BCUT2D eigenvalue weighted by Crippen LogP contribution is -2.48. The summed E-state index contributed by atoms with van der Waals surface area (Å²) in [5.41, 5.74) is 1.76. The van der Waals surface area contributed by atoms with Crippen LogP contribution >= 0.6 is 11.3 Å². The molecule has 3 heterocycles. The summed E-state index contributed by atoms with van der Waals surface area (Å²) in [6.45, 7) is 0.487. The van der Waals surface area contributed by atoms with Gasteiger partial charge in [-0.15, -0.1) is 11.3 Å². The van der Waals surface area contributed by atoms with Gasteiger partial charge in [0, 0.05) is 43.3 Å². The Kier molecular flexibility index (Phi) is 7.26. The number of ether oxygens (including phenoxy) is 2. The van der Waals surface area contributed by atoms with Gasteiger partial charge in [-0.2, -0.15) is 4.31 Å². The first kappa shape index (κ1) is 26.8. The normalized spacial score (nSPS) is 21.9. The van der Waals surface area contributed by atoms with Gasteiger partial charge < -0.3 is 25.0 Å². The summed E-state index contributed by atoms with van der Waals surface area (Å²) in [6.07, 6.45) is 1.43. The number of carbonyl (C=O) groups excluding carboxylic acids is 2. The Morgan fingerprint density at radius 2 is 1.85 bits per heavy atom. The van der Waals surface area contributed by atoms with Crippen LogP contribution in [0, 0.1) is 0 Å². The van der Waals surface area contributed by atoms with Crippen molar-refractivity contribution in [2.24, 2.45) is 0 Å². The van der Waals surface area contributed by atoms with Crippen molar-refractivity contribution in [3.63, 3.8) is 0 Å². The van der Waals surface area contributed by atoms with Gasteiger partial charge in [0.1, 0.15) is 11.5 Å². The molecule has 0 spiro atoms. The maximum atomic E-state index is 13.5. The largest absolute Gasteiger partial charge is 0.457 e. The molecule has 210 valence electrons. The summed E-state index contributed by atoms with van der Waals surface area (Å²) in [4.78, 5) is 27.8. The molecule has 2 aromatic carbocycles. The van der Waals surface area contributed by atoms with Gasteiger partial charge >= 0.3 is 0 Å². The lowest BCUT2D eigenvalue weighted by Gasteiger charge is -2.26. The summed E-state index contributed by atoms with van der Waals surface area (Å²) in [5, 5.41) is 7.04. The molecule has 1 aliphatic carbocycles. The van der Waals surface area contributed by atoms with E-state index in [1.165, 1.54) is 22.8 Å². The second-order valence-electron chi connectivity index (χ2n) is 10.2. The maximum Gasteiger partial charge on any atom is 0.261 e. The van der Waals surface area contributed by atoms with Gasteiger partial charge in [0.2, 0.25) is 15.9 Å². The lowest BCUT2D eigenvalue weighted by atomic mass is 10.2. The van der Waals surface area contributed by atoms with Crippen molar-refractivity contribution in [2.75, 3.05) is 31.6 Å². The minimum atomic E-state index is -3.91. The molecule has 3 aliphatic rings. The van der Waals surface area contributed by atoms with Gasteiger partial charge in [0.05, 0.1) is 35.1 Å². The molecule has 6 rings (SSSR count). The number of carbonyl (C=O) groups is 2. The smallest absolute Gasteiger partial charge is 0.261 e. The average Bonchev–Trinajstić information content (AvgIpc) is 3.50. The van der Waals surface area contributed by atoms with Crippen LogP contribution in [0.5, 0.6) is 11.5 Å². The Hall–Kier alpha value is -3.45. The number of thiophene rings is 1. The summed E-state index contributed by atoms with van der Waals surface area (Å²) >= 11 is 1.07. The molecule has 1 saturated carbocycles. The number of nitrogens with one attached hydrogen (secondary N) is 2. The third-order valence-corrected chi connectivity index (χ3v) is 10.2. The Labute approximate surface area is 236 Å². The number of hydrogen-bond acceptors (Lipinski definition) is 8. The molecule has 2 amide bonds. The van der Waals surface area contributed by atoms with Crippen molar-refractivity contribution in [1.82, 2.24) is 14.9 Å². The van der Waals surface area contributed by atoms with Gasteiger partial charge in [-0.25, -0.2) is 8.42 Å². The van der Waals surface area contributed by atoms with Crippen LogP contribution in [0.1, 0.15) is 28.1 Å². The van der Waals surface area contributed by atoms with E-state index in [1.54, 1.807) is 0 Å². The second-order valence-corrected chi connectivity index (χ2v) is 13.0. The van der Waals surface area contributed by atoms with Gasteiger partial charge in [0.25, 0.3) is 5.91 Å². The fourth-order valence-corrected chi connectivity index (χ4v) is 7.76. The monoisotopic (exact) mass is 582 g/mol. The SMILES string of the molecule is CNC(=O)c1cc(S(=O)(=O)N2C[C@@H]3NC(=O)CN(C4CC4)c4cccc(c4)Oc4cccc(c4)CO[C@H]3C2)cs1.